The lowest BCUT2D eigenvalue weighted by atomic mass is 10.0. The zero-order chi connectivity index (χ0) is 20.2. The second-order valence-corrected chi connectivity index (χ2v) is 8.08. The van der Waals surface area contributed by atoms with Gasteiger partial charge in [0.2, 0.25) is 5.91 Å². The van der Waals surface area contributed by atoms with Crippen LogP contribution >= 0.6 is 0 Å². The number of rotatable bonds is 8. The molecule has 1 amide bonds. The molecule has 1 saturated carbocycles. The molecule has 0 bridgehead atoms. The van der Waals surface area contributed by atoms with Crippen molar-refractivity contribution in [1.29, 1.82) is 0 Å². The normalized spacial score (nSPS) is 13.6. The molecule has 3 aromatic carbocycles. The molecule has 0 unspecified atom stereocenters. The van der Waals surface area contributed by atoms with Crippen molar-refractivity contribution in [2.24, 2.45) is 0 Å². The lowest BCUT2D eigenvalue weighted by Gasteiger charge is -2.22. The number of hydrogen-bond donors (Lipinski definition) is 1. The van der Waals surface area contributed by atoms with Crippen LogP contribution in [0.3, 0.4) is 0 Å². The van der Waals surface area contributed by atoms with Crippen LogP contribution in [-0.2, 0) is 11.3 Å². The highest BCUT2D eigenvalue weighted by molar-refractivity contribution is 5.91. The molecular weight excluding hydrogens is 358 g/mol. The molecule has 0 spiro atoms. The number of nitrogens with zero attached hydrogens (tertiary/aromatic N) is 2. The Morgan fingerprint density at radius 1 is 0.966 bits per heavy atom. The van der Waals surface area contributed by atoms with E-state index in [0.29, 0.717) is 12.5 Å². The smallest absolute Gasteiger partial charge is 0.225 e. The minimum absolute atomic E-state index is 0.0752. The van der Waals surface area contributed by atoms with Gasteiger partial charge in [-0.15, -0.1) is 0 Å². The molecule has 0 aliphatic heterocycles. The van der Waals surface area contributed by atoms with Crippen molar-refractivity contribution < 1.29 is 4.79 Å². The van der Waals surface area contributed by atoms with Crippen LogP contribution in [0.1, 0.15) is 24.8 Å². The van der Waals surface area contributed by atoms with Crippen LogP contribution in [0.15, 0.2) is 66.7 Å². The Hall–Kier alpha value is -2.85. The summed E-state index contributed by atoms with van der Waals surface area (Å²) in [6.45, 7) is 1.69. The third kappa shape index (κ3) is 4.96. The van der Waals surface area contributed by atoms with Gasteiger partial charge in [0.15, 0.2) is 0 Å². The van der Waals surface area contributed by atoms with Gasteiger partial charge in [0, 0.05) is 51.0 Å². The van der Waals surface area contributed by atoms with E-state index in [4.69, 9.17) is 0 Å². The Bertz CT molecular complexity index is 972. The summed E-state index contributed by atoms with van der Waals surface area (Å²) >= 11 is 0. The molecule has 0 aromatic heterocycles. The predicted molar refractivity (Wildman–Crippen MR) is 121 cm³/mol. The number of nitrogens with one attached hydrogen (secondary N) is 1. The molecule has 0 radical (unpaired) electrons. The Kier molecular flexibility index (Phi) is 5.81. The lowest BCUT2D eigenvalue weighted by Crippen LogP contribution is -2.29. The maximum Gasteiger partial charge on any atom is 0.225 e. The topological polar surface area (TPSA) is 35.6 Å². The number of benzene rings is 3. The standard InChI is InChI=1S/C25H29N3O/c1-27(2)22-12-10-21(11-13-22)26-25(29)16-17-28(23-14-15-23)18-20-8-5-7-19-6-3-4-9-24(19)20/h3-13,23H,14-18H2,1-2H3,(H,26,29). The molecule has 1 fully saturated rings. The molecule has 1 aliphatic rings. The number of fused-ring (bicyclic) bond motifs is 1. The van der Waals surface area contributed by atoms with Gasteiger partial charge in [0.25, 0.3) is 0 Å². The first-order valence-electron chi connectivity index (χ1n) is 10.4. The number of carbonyl (C=O) groups is 1. The molecule has 0 saturated heterocycles. The Morgan fingerprint density at radius 2 is 1.69 bits per heavy atom. The van der Waals surface area contributed by atoms with Crippen LogP contribution in [0.25, 0.3) is 10.8 Å². The van der Waals surface area contributed by atoms with Crippen molar-refractivity contribution in [2.45, 2.75) is 31.8 Å². The zero-order valence-corrected chi connectivity index (χ0v) is 17.3. The zero-order valence-electron chi connectivity index (χ0n) is 17.3. The minimum atomic E-state index is 0.0752. The first kappa shape index (κ1) is 19.5. The summed E-state index contributed by atoms with van der Waals surface area (Å²) in [6.07, 6.45) is 2.98. The van der Waals surface area contributed by atoms with Gasteiger partial charge >= 0.3 is 0 Å². The fourth-order valence-corrected chi connectivity index (χ4v) is 3.79. The quantitative estimate of drug-likeness (QED) is 0.597. The van der Waals surface area contributed by atoms with Gasteiger partial charge in [-0.25, -0.2) is 0 Å². The first-order chi connectivity index (χ1) is 14.1. The van der Waals surface area contributed by atoms with Crippen LogP contribution < -0.4 is 10.2 Å². The lowest BCUT2D eigenvalue weighted by molar-refractivity contribution is -0.116. The molecule has 4 heteroatoms. The maximum atomic E-state index is 12.5. The molecule has 1 N–H and O–H groups in total. The van der Waals surface area contributed by atoms with Gasteiger partial charge in [-0.05, 0) is 53.4 Å². The summed E-state index contributed by atoms with van der Waals surface area (Å²) in [5.41, 5.74) is 3.32. The van der Waals surface area contributed by atoms with Crippen molar-refractivity contribution in [3.8, 4) is 0 Å². The molecular formula is C25H29N3O. The van der Waals surface area contributed by atoms with Gasteiger partial charge < -0.3 is 10.2 Å². The third-order valence-electron chi connectivity index (χ3n) is 5.61. The van der Waals surface area contributed by atoms with Crippen molar-refractivity contribution in [3.63, 3.8) is 0 Å². The van der Waals surface area contributed by atoms with Gasteiger partial charge in [0.05, 0.1) is 0 Å². The van der Waals surface area contributed by atoms with E-state index >= 15 is 0 Å². The average Bonchev–Trinajstić information content (AvgIpc) is 3.57. The molecule has 0 atom stereocenters. The van der Waals surface area contributed by atoms with Crippen LogP contribution in [0.5, 0.6) is 0 Å². The predicted octanol–water partition coefficient (Wildman–Crippen LogP) is 4.90. The minimum Gasteiger partial charge on any atom is -0.378 e. The summed E-state index contributed by atoms with van der Waals surface area (Å²) in [4.78, 5) is 17.0. The number of anilines is 2. The Morgan fingerprint density at radius 3 is 2.41 bits per heavy atom. The van der Waals surface area contributed by atoms with Gasteiger partial charge in [-0.2, -0.15) is 0 Å². The molecule has 4 rings (SSSR count). The molecule has 150 valence electrons. The van der Waals surface area contributed by atoms with E-state index in [1.165, 1.54) is 29.2 Å². The molecule has 29 heavy (non-hydrogen) atoms. The summed E-state index contributed by atoms with van der Waals surface area (Å²) in [6, 6.07) is 23.6. The van der Waals surface area contributed by atoms with Crippen molar-refractivity contribution in [3.05, 3.63) is 72.3 Å². The van der Waals surface area contributed by atoms with Crippen molar-refractivity contribution in [1.82, 2.24) is 4.90 Å². The van der Waals surface area contributed by atoms with E-state index in [1.54, 1.807) is 0 Å². The summed E-state index contributed by atoms with van der Waals surface area (Å²) in [5, 5.41) is 5.62. The van der Waals surface area contributed by atoms with E-state index in [0.717, 1.165) is 24.5 Å². The van der Waals surface area contributed by atoms with Gasteiger partial charge in [0.1, 0.15) is 0 Å². The SMILES string of the molecule is CN(C)c1ccc(NC(=O)CCN(Cc2cccc3ccccc23)C2CC2)cc1. The number of amides is 1. The largest absolute Gasteiger partial charge is 0.378 e. The molecule has 4 nitrogen and oxygen atoms in total. The van der Waals surface area contributed by atoms with E-state index < -0.39 is 0 Å². The van der Waals surface area contributed by atoms with Crippen LogP contribution in [0.2, 0.25) is 0 Å². The van der Waals surface area contributed by atoms with Gasteiger partial charge in [-0.3, -0.25) is 9.69 Å². The number of hydrogen-bond acceptors (Lipinski definition) is 3. The monoisotopic (exact) mass is 387 g/mol. The maximum absolute atomic E-state index is 12.5. The molecule has 3 aromatic rings. The summed E-state index contributed by atoms with van der Waals surface area (Å²) < 4.78 is 0. The van der Waals surface area contributed by atoms with Crippen LogP contribution in [0.4, 0.5) is 11.4 Å². The summed E-state index contributed by atoms with van der Waals surface area (Å²) in [7, 11) is 4.02. The fraction of sp³-hybridized carbons (Fsp3) is 0.320. The van der Waals surface area contributed by atoms with Crippen molar-refractivity contribution in [2.75, 3.05) is 30.9 Å². The Balaban J connectivity index is 1.37. The van der Waals surface area contributed by atoms with Crippen LogP contribution in [-0.4, -0.2) is 37.5 Å². The molecule has 0 heterocycles. The van der Waals surface area contributed by atoms with Gasteiger partial charge in [-0.1, -0.05) is 42.5 Å². The second-order valence-electron chi connectivity index (χ2n) is 8.08. The van der Waals surface area contributed by atoms with E-state index in [1.807, 2.05) is 43.3 Å². The van der Waals surface area contributed by atoms with E-state index in [2.05, 4.69) is 52.7 Å². The first-order valence-corrected chi connectivity index (χ1v) is 10.4. The highest BCUT2D eigenvalue weighted by atomic mass is 16.1. The Labute approximate surface area is 173 Å². The highest BCUT2D eigenvalue weighted by Gasteiger charge is 2.29. The molecule has 1 aliphatic carbocycles. The number of carbonyl (C=O) groups excluding carboxylic acids is 1. The van der Waals surface area contributed by atoms with Crippen molar-refractivity contribution >= 4 is 28.1 Å². The van der Waals surface area contributed by atoms with Crippen LogP contribution in [0, 0.1) is 0 Å². The second kappa shape index (κ2) is 8.66. The highest BCUT2D eigenvalue weighted by Crippen LogP contribution is 2.30. The van der Waals surface area contributed by atoms with E-state index in [9.17, 15) is 4.79 Å². The average molecular weight is 388 g/mol. The summed E-state index contributed by atoms with van der Waals surface area (Å²) in [5.74, 6) is 0.0752. The third-order valence-corrected chi connectivity index (χ3v) is 5.61. The van der Waals surface area contributed by atoms with E-state index in [-0.39, 0.29) is 5.91 Å². The fourth-order valence-electron chi connectivity index (χ4n) is 3.79.